The van der Waals surface area contributed by atoms with Crippen LogP contribution in [0.25, 0.3) is 10.9 Å². The molecule has 0 fully saturated rings. The number of rotatable bonds is 1. The third-order valence-electron chi connectivity index (χ3n) is 2.22. The number of aromatic hydroxyl groups is 1. The Morgan fingerprint density at radius 1 is 1.23 bits per heavy atom. The van der Waals surface area contributed by atoms with Crippen LogP contribution < -0.4 is 4.57 Å². The minimum absolute atomic E-state index is 0.347. The van der Waals surface area contributed by atoms with Crippen LogP contribution in [0.2, 0.25) is 0 Å². The lowest BCUT2D eigenvalue weighted by Gasteiger charge is -1.99. The van der Waals surface area contributed by atoms with Crippen LogP contribution in [0.3, 0.4) is 0 Å². The first-order chi connectivity index (χ1) is 6.33. The number of phenolic OH excluding ortho intramolecular Hbond substituents is 1. The third-order valence-corrected chi connectivity index (χ3v) is 2.22. The van der Waals surface area contributed by atoms with Crippen molar-refractivity contribution < 1.29 is 9.67 Å². The van der Waals surface area contributed by atoms with Crippen LogP contribution in [0.15, 0.2) is 36.5 Å². The Kier molecular flexibility index (Phi) is 1.89. The Balaban J connectivity index is 2.87. The van der Waals surface area contributed by atoms with Crippen LogP contribution in [0.5, 0.6) is 5.75 Å². The van der Waals surface area contributed by atoms with Crippen molar-refractivity contribution in [3.05, 3.63) is 36.5 Å². The molecule has 0 aliphatic rings. The van der Waals surface area contributed by atoms with Crippen molar-refractivity contribution in [1.29, 1.82) is 0 Å². The molecule has 0 atom stereocenters. The average molecular weight is 174 g/mol. The largest absolute Gasteiger partial charge is 0.502 e. The number of hydrogen-bond acceptors (Lipinski definition) is 1. The molecule has 0 aliphatic carbocycles. The fraction of sp³-hybridized carbons (Fsp3) is 0.182. The summed E-state index contributed by atoms with van der Waals surface area (Å²) in [7, 11) is 0. The van der Waals surface area contributed by atoms with Gasteiger partial charge in [-0.05, 0) is 25.1 Å². The number of fused-ring (bicyclic) bond motifs is 1. The van der Waals surface area contributed by atoms with Crippen LogP contribution in [-0.2, 0) is 6.54 Å². The van der Waals surface area contributed by atoms with E-state index in [2.05, 4.69) is 6.92 Å². The SMILES string of the molecule is CC[n+]1cccc2cccc(O)c21. The summed E-state index contributed by atoms with van der Waals surface area (Å²) in [6, 6.07) is 9.57. The van der Waals surface area contributed by atoms with Gasteiger partial charge in [-0.3, -0.25) is 0 Å². The predicted octanol–water partition coefficient (Wildman–Crippen LogP) is 1.85. The molecule has 2 nitrogen and oxygen atoms in total. The molecule has 0 spiro atoms. The number of nitrogens with zero attached hydrogens (tertiary/aromatic N) is 1. The number of hydrogen-bond donors (Lipinski definition) is 1. The molecule has 13 heavy (non-hydrogen) atoms. The second-order valence-corrected chi connectivity index (χ2v) is 3.01. The van der Waals surface area contributed by atoms with E-state index in [9.17, 15) is 5.11 Å². The molecule has 1 aromatic heterocycles. The van der Waals surface area contributed by atoms with Gasteiger partial charge in [0, 0.05) is 6.07 Å². The highest BCUT2D eigenvalue weighted by molar-refractivity contribution is 5.80. The van der Waals surface area contributed by atoms with Crippen molar-refractivity contribution in [3.63, 3.8) is 0 Å². The molecule has 1 N–H and O–H groups in total. The standard InChI is InChI=1S/C11H11NO/c1-2-12-8-4-6-9-5-3-7-10(13)11(9)12/h3-8H,2H2,1H3/p+1. The van der Waals surface area contributed by atoms with Gasteiger partial charge in [0.25, 0.3) is 5.52 Å². The molecule has 2 heteroatoms. The maximum atomic E-state index is 9.66. The van der Waals surface area contributed by atoms with Gasteiger partial charge in [0.15, 0.2) is 11.9 Å². The maximum Gasteiger partial charge on any atom is 0.254 e. The summed E-state index contributed by atoms with van der Waals surface area (Å²) < 4.78 is 2.03. The number of aromatic nitrogens is 1. The van der Waals surface area contributed by atoms with Gasteiger partial charge in [-0.15, -0.1) is 0 Å². The number of aryl methyl sites for hydroxylation is 1. The molecule has 0 saturated heterocycles. The van der Waals surface area contributed by atoms with Crippen LogP contribution in [0, 0.1) is 0 Å². The fourth-order valence-corrected chi connectivity index (χ4v) is 1.58. The van der Waals surface area contributed by atoms with Crippen molar-refractivity contribution in [2.75, 3.05) is 0 Å². The van der Waals surface area contributed by atoms with Crippen LogP contribution in [-0.4, -0.2) is 5.11 Å². The van der Waals surface area contributed by atoms with Gasteiger partial charge in [-0.2, -0.15) is 4.57 Å². The molecule has 2 rings (SSSR count). The molecule has 1 heterocycles. The van der Waals surface area contributed by atoms with E-state index in [1.54, 1.807) is 6.07 Å². The molecule has 1 aromatic carbocycles. The topological polar surface area (TPSA) is 24.1 Å². The summed E-state index contributed by atoms with van der Waals surface area (Å²) in [5.41, 5.74) is 0.910. The van der Waals surface area contributed by atoms with E-state index in [1.807, 2.05) is 35.0 Å². The van der Waals surface area contributed by atoms with Crippen LogP contribution >= 0.6 is 0 Å². The third kappa shape index (κ3) is 1.24. The second-order valence-electron chi connectivity index (χ2n) is 3.01. The first kappa shape index (κ1) is 8.05. The highest BCUT2D eigenvalue weighted by atomic mass is 16.3. The molecule has 0 bridgehead atoms. The summed E-state index contributed by atoms with van der Waals surface area (Å²) in [4.78, 5) is 0. The Morgan fingerprint density at radius 3 is 2.77 bits per heavy atom. The van der Waals surface area contributed by atoms with Gasteiger partial charge >= 0.3 is 0 Å². The Morgan fingerprint density at radius 2 is 2.00 bits per heavy atom. The number of phenols is 1. The zero-order valence-electron chi connectivity index (χ0n) is 7.57. The van der Waals surface area contributed by atoms with Crippen molar-refractivity contribution in [2.24, 2.45) is 0 Å². The van der Waals surface area contributed by atoms with Gasteiger partial charge < -0.3 is 5.11 Å². The summed E-state index contributed by atoms with van der Waals surface area (Å²) in [5.74, 6) is 0.347. The smallest absolute Gasteiger partial charge is 0.254 e. The molecule has 0 saturated carbocycles. The van der Waals surface area contributed by atoms with Gasteiger partial charge in [-0.25, -0.2) is 0 Å². The van der Waals surface area contributed by atoms with Crippen molar-refractivity contribution in [2.45, 2.75) is 13.5 Å². The normalized spacial score (nSPS) is 10.5. The minimum atomic E-state index is 0.347. The molecule has 0 radical (unpaired) electrons. The van der Waals surface area contributed by atoms with Gasteiger partial charge in [-0.1, -0.05) is 6.07 Å². The summed E-state index contributed by atoms with van der Waals surface area (Å²) in [6.45, 7) is 2.93. The highest BCUT2D eigenvalue weighted by Gasteiger charge is 2.09. The monoisotopic (exact) mass is 174 g/mol. The van der Waals surface area contributed by atoms with Gasteiger partial charge in [0.1, 0.15) is 6.54 Å². The van der Waals surface area contributed by atoms with E-state index in [4.69, 9.17) is 0 Å². The van der Waals surface area contributed by atoms with E-state index in [-0.39, 0.29) is 0 Å². The van der Waals surface area contributed by atoms with E-state index in [0.29, 0.717) is 5.75 Å². The van der Waals surface area contributed by atoms with E-state index >= 15 is 0 Å². The Hall–Kier alpha value is -1.57. The first-order valence-electron chi connectivity index (χ1n) is 4.43. The van der Waals surface area contributed by atoms with Crippen LogP contribution in [0.4, 0.5) is 0 Å². The lowest BCUT2D eigenvalue weighted by atomic mass is 10.2. The van der Waals surface area contributed by atoms with Crippen molar-refractivity contribution in [3.8, 4) is 5.75 Å². The van der Waals surface area contributed by atoms with Crippen molar-refractivity contribution in [1.82, 2.24) is 0 Å². The Bertz CT molecular complexity index is 432. The summed E-state index contributed by atoms with van der Waals surface area (Å²) in [5, 5.41) is 10.7. The first-order valence-corrected chi connectivity index (χ1v) is 4.43. The molecule has 66 valence electrons. The lowest BCUT2D eigenvalue weighted by molar-refractivity contribution is -0.668. The van der Waals surface area contributed by atoms with E-state index in [1.165, 1.54) is 0 Å². The Labute approximate surface area is 77.1 Å². The number of para-hydroxylation sites is 1. The summed E-state index contributed by atoms with van der Waals surface area (Å²) >= 11 is 0. The average Bonchev–Trinajstić information content (AvgIpc) is 2.17. The second kappa shape index (κ2) is 3.05. The van der Waals surface area contributed by atoms with Crippen LogP contribution in [0.1, 0.15) is 6.92 Å². The van der Waals surface area contributed by atoms with Gasteiger partial charge in [0.2, 0.25) is 0 Å². The maximum absolute atomic E-state index is 9.66. The number of benzene rings is 1. The highest BCUT2D eigenvalue weighted by Crippen LogP contribution is 2.19. The molecular weight excluding hydrogens is 162 g/mol. The summed E-state index contributed by atoms with van der Waals surface area (Å²) in [6.07, 6.45) is 1.97. The van der Waals surface area contributed by atoms with Gasteiger partial charge in [0.05, 0.1) is 5.39 Å². The predicted molar refractivity (Wildman–Crippen MR) is 51.5 cm³/mol. The zero-order valence-corrected chi connectivity index (χ0v) is 7.57. The van der Waals surface area contributed by atoms with E-state index in [0.717, 1.165) is 17.4 Å². The molecule has 0 unspecified atom stereocenters. The zero-order chi connectivity index (χ0) is 9.26. The van der Waals surface area contributed by atoms with Crippen molar-refractivity contribution >= 4 is 10.9 Å². The molecule has 2 aromatic rings. The molecular formula is C11H12NO+. The van der Waals surface area contributed by atoms with E-state index < -0.39 is 0 Å². The number of pyridine rings is 1. The quantitative estimate of drug-likeness (QED) is 0.655. The lowest BCUT2D eigenvalue weighted by Crippen LogP contribution is -2.32. The fourth-order valence-electron chi connectivity index (χ4n) is 1.58. The molecule has 0 amide bonds. The molecule has 0 aliphatic heterocycles. The minimum Gasteiger partial charge on any atom is -0.502 e.